The maximum Gasteiger partial charge on any atom is 0.433 e. The molecule has 1 N–H and O–H groups in total. The molecule has 0 spiro atoms. The van der Waals surface area contributed by atoms with E-state index in [1.165, 1.54) is 6.07 Å². The van der Waals surface area contributed by atoms with Crippen molar-refractivity contribution < 1.29 is 13.2 Å². The molecule has 1 aromatic carbocycles. The van der Waals surface area contributed by atoms with Crippen molar-refractivity contribution in [3.63, 3.8) is 0 Å². The van der Waals surface area contributed by atoms with E-state index in [0.717, 1.165) is 15.6 Å². The van der Waals surface area contributed by atoms with E-state index >= 15 is 0 Å². The smallest absolute Gasteiger partial charge is 0.289 e. The second-order valence-electron chi connectivity index (χ2n) is 6.67. The molecular weight excluding hydrogens is 319 g/mol. The first kappa shape index (κ1) is 16.3. The minimum atomic E-state index is -4.65. The molecule has 0 aliphatic carbocycles. The summed E-state index contributed by atoms with van der Waals surface area (Å²) in [7, 11) is 0. The second-order valence-corrected chi connectivity index (χ2v) is 6.67. The van der Waals surface area contributed by atoms with Crippen molar-refractivity contribution in [2.24, 2.45) is 0 Å². The van der Waals surface area contributed by atoms with E-state index in [1.807, 2.05) is 24.3 Å². The average Bonchev–Trinajstić information content (AvgIpc) is 2.90. The van der Waals surface area contributed by atoms with Crippen LogP contribution in [0.4, 0.5) is 13.2 Å². The number of nitrogens with zero attached hydrogens (tertiary/aromatic N) is 2. The largest absolute Gasteiger partial charge is 0.433 e. The highest BCUT2D eigenvalue weighted by atomic mass is 19.4. The van der Waals surface area contributed by atoms with E-state index in [-0.39, 0.29) is 11.1 Å². The van der Waals surface area contributed by atoms with Gasteiger partial charge >= 0.3 is 6.18 Å². The van der Waals surface area contributed by atoms with Gasteiger partial charge in [0.15, 0.2) is 11.3 Å². The standard InChI is InChI=1S/C17H16F3N3O/c1-16(2,3)11-6-4-10(5-7-11)12-8-14-21-13(17(18,19)20)9-15(24)23(14)22-12/h4-9,22H,1-3H3. The van der Waals surface area contributed by atoms with Gasteiger partial charge in [-0.1, -0.05) is 45.0 Å². The third kappa shape index (κ3) is 2.93. The van der Waals surface area contributed by atoms with Gasteiger partial charge in [0.05, 0.1) is 5.69 Å². The molecule has 3 rings (SSSR count). The first-order valence-electron chi connectivity index (χ1n) is 7.37. The molecule has 24 heavy (non-hydrogen) atoms. The zero-order chi connectivity index (χ0) is 17.7. The van der Waals surface area contributed by atoms with Crippen LogP contribution in [0.1, 0.15) is 32.0 Å². The lowest BCUT2D eigenvalue weighted by atomic mass is 9.86. The number of aromatic amines is 1. The zero-order valence-electron chi connectivity index (χ0n) is 13.4. The summed E-state index contributed by atoms with van der Waals surface area (Å²) in [4.78, 5) is 15.4. The number of fused-ring (bicyclic) bond motifs is 1. The summed E-state index contributed by atoms with van der Waals surface area (Å²) >= 11 is 0. The number of hydrogen-bond acceptors (Lipinski definition) is 2. The van der Waals surface area contributed by atoms with Gasteiger partial charge in [-0.15, -0.1) is 0 Å². The maximum atomic E-state index is 12.8. The average molecular weight is 335 g/mol. The molecule has 2 heterocycles. The first-order valence-corrected chi connectivity index (χ1v) is 7.37. The lowest BCUT2D eigenvalue weighted by molar-refractivity contribution is -0.141. The van der Waals surface area contributed by atoms with Crippen LogP contribution in [0.5, 0.6) is 0 Å². The molecule has 0 fully saturated rings. The van der Waals surface area contributed by atoms with E-state index in [1.54, 1.807) is 0 Å². The number of rotatable bonds is 1. The summed E-state index contributed by atoms with van der Waals surface area (Å²) in [5.74, 6) is 0. The molecule has 4 nitrogen and oxygen atoms in total. The molecule has 7 heteroatoms. The zero-order valence-corrected chi connectivity index (χ0v) is 13.4. The monoisotopic (exact) mass is 335 g/mol. The Kier molecular flexibility index (Phi) is 3.55. The molecule has 0 atom stereocenters. The van der Waals surface area contributed by atoms with Crippen LogP contribution in [0.25, 0.3) is 16.9 Å². The summed E-state index contributed by atoms with van der Waals surface area (Å²) in [6.07, 6.45) is -4.65. The molecule has 0 bridgehead atoms. The van der Waals surface area contributed by atoms with Crippen LogP contribution in [0, 0.1) is 0 Å². The Hall–Kier alpha value is -2.57. The van der Waals surface area contributed by atoms with E-state index in [2.05, 4.69) is 30.9 Å². The number of benzene rings is 1. The van der Waals surface area contributed by atoms with Gasteiger partial charge in [0.2, 0.25) is 0 Å². The van der Waals surface area contributed by atoms with Crippen molar-refractivity contribution in [1.82, 2.24) is 14.6 Å². The van der Waals surface area contributed by atoms with Gasteiger partial charge in [0, 0.05) is 12.1 Å². The van der Waals surface area contributed by atoms with Gasteiger partial charge in [0.1, 0.15) is 0 Å². The maximum absolute atomic E-state index is 12.8. The number of nitrogens with one attached hydrogen (secondary N) is 1. The highest BCUT2D eigenvalue weighted by molar-refractivity contribution is 5.64. The van der Waals surface area contributed by atoms with Gasteiger partial charge < -0.3 is 0 Å². The number of H-pyrrole nitrogens is 1. The molecule has 0 amide bonds. The molecule has 2 aromatic heterocycles. The van der Waals surface area contributed by atoms with Crippen LogP contribution >= 0.6 is 0 Å². The first-order chi connectivity index (χ1) is 11.1. The lowest BCUT2D eigenvalue weighted by Crippen LogP contribution is -2.19. The van der Waals surface area contributed by atoms with Crippen LogP contribution in [0.15, 0.2) is 41.2 Å². The summed E-state index contributed by atoms with van der Waals surface area (Å²) < 4.78 is 39.3. The third-order valence-electron chi connectivity index (χ3n) is 3.80. The fourth-order valence-corrected chi connectivity index (χ4v) is 2.43. The lowest BCUT2D eigenvalue weighted by Gasteiger charge is -2.18. The minimum Gasteiger partial charge on any atom is -0.289 e. The SMILES string of the molecule is CC(C)(C)c1ccc(-c2cc3nc(C(F)(F)F)cc(=O)n3[nH]2)cc1. The van der Waals surface area contributed by atoms with Crippen molar-refractivity contribution >= 4 is 5.65 Å². The van der Waals surface area contributed by atoms with Crippen LogP contribution < -0.4 is 5.56 Å². The fourth-order valence-electron chi connectivity index (χ4n) is 2.43. The molecule has 0 unspecified atom stereocenters. The Labute approximate surface area is 135 Å². The Morgan fingerprint density at radius 1 is 1.04 bits per heavy atom. The van der Waals surface area contributed by atoms with Crippen molar-refractivity contribution in [2.45, 2.75) is 32.4 Å². The van der Waals surface area contributed by atoms with Crippen molar-refractivity contribution in [3.05, 3.63) is 58.0 Å². The number of alkyl halides is 3. The molecule has 0 radical (unpaired) electrons. The molecule has 3 aromatic rings. The molecule has 0 saturated carbocycles. The predicted octanol–water partition coefficient (Wildman–Crippen LogP) is 4.01. The van der Waals surface area contributed by atoms with Gasteiger partial charge in [-0.3, -0.25) is 9.89 Å². The number of hydrogen-bond donors (Lipinski definition) is 1. The van der Waals surface area contributed by atoms with E-state index in [9.17, 15) is 18.0 Å². The van der Waals surface area contributed by atoms with Gasteiger partial charge in [-0.25, -0.2) is 9.50 Å². The van der Waals surface area contributed by atoms with Crippen LogP contribution in [-0.2, 0) is 11.6 Å². The Morgan fingerprint density at radius 3 is 2.21 bits per heavy atom. The third-order valence-corrected chi connectivity index (χ3v) is 3.80. The molecular formula is C17H16F3N3O. The Bertz CT molecular complexity index is 944. The summed E-state index contributed by atoms with van der Waals surface area (Å²) in [5, 5.41) is 2.79. The number of aromatic nitrogens is 3. The highest BCUT2D eigenvalue weighted by Gasteiger charge is 2.33. The van der Waals surface area contributed by atoms with Crippen molar-refractivity contribution in [2.75, 3.05) is 0 Å². The molecule has 0 aliphatic heterocycles. The normalized spacial score (nSPS) is 12.8. The van der Waals surface area contributed by atoms with Crippen LogP contribution in [-0.4, -0.2) is 14.6 Å². The predicted molar refractivity (Wildman–Crippen MR) is 85.0 cm³/mol. The Morgan fingerprint density at radius 2 is 1.67 bits per heavy atom. The van der Waals surface area contributed by atoms with Gasteiger partial charge in [0.25, 0.3) is 5.56 Å². The minimum absolute atomic E-state index is 0.000910. The quantitative estimate of drug-likeness (QED) is 0.730. The van der Waals surface area contributed by atoms with Crippen molar-refractivity contribution in [1.29, 1.82) is 0 Å². The second kappa shape index (κ2) is 5.22. The van der Waals surface area contributed by atoms with Crippen LogP contribution in [0.3, 0.4) is 0 Å². The van der Waals surface area contributed by atoms with Crippen LogP contribution in [0.2, 0.25) is 0 Å². The summed E-state index contributed by atoms with van der Waals surface area (Å²) in [5.41, 5.74) is 0.368. The van der Waals surface area contributed by atoms with E-state index in [4.69, 9.17) is 0 Å². The topological polar surface area (TPSA) is 50.2 Å². The van der Waals surface area contributed by atoms with Crippen molar-refractivity contribution in [3.8, 4) is 11.3 Å². The van der Waals surface area contributed by atoms with E-state index < -0.39 is 17.4 Å². The molecule has 0 saturated heterocycles. The van der Waals surface area contributed by atoms with Gasteiger partial charge in [-0.2, -0.15) is 13.2 Å². The number of halogens is 3. The van der Waals surface area contributed by atoms with E-state index in [0.29, 0.717) is 11.8 Å². The fraction of sp³-hybridized carbons (Fsp3) is 0.294. The Balaban J connectivity index is 2.08. The summed E-state index contributed by atoms with van der Waals surface area (Å²) in [6.45, 7) is 6.27. The molecule has 126 valence electrons. The summed E-state index contributed by atoms with van der Waals surface area (Å²) in [6, 6.07) is 9.55. The highest BCUT2D eigenvalue weighted by Crippen LogP contribution is 2.28. The molecule has 0 aliphatic rings. The van der Waals surface area contributed by atoms with Gasteiger partial charge in [-0.05, 0) is 16.5 Å².